The Balaban J connectivity index is 3.04. The van der Waals surface area contributed by atoms with Crippen LogP contribution in [-0.4, -0.2) is 34.5 Å². The molecule has 100 valence electrons. The molecule has 1 rings (SSSR count). The third-order valence-corrected chi connectivity index (χ3v) is 2.93. The van der Waals surface area contributed by atoms with Crippen molar-refractivity contribution in [2.75, 3.05) is 6.54 Å². The highest BCUT2D eigenvalue weighted by atomic mass is 16.4. The Morgan fingerprint density at radius 1 is 1.47 bits per heavy atom. The maximum Gasteiger partial charge on any atom is 0.323 e. The summed E-state index contributed by atoms with van der Waals surface area (Å²) in [5, 5.41) is 17.7. The molecular weight excluding hydrogens is 244 g/mol. The van der Waals surface area contributed by atoms with E-state index in [1.165, 1.54) is 11.0 Å². The molecule has 0 fully saturated rings. The van der Waals surface area contributed by atoms with E-state index in [0.717, 1.165) is 0 Å². The number of rotatable bonds is 5. The van der Waals surface area contributed by atoms with Gasteiger partial charge in [0.2, 0.25) is 0 Å². The molecule has 0 spiro atoms. The Morgan fingerprint density at radius 3 is 2.68 bits per heavy atom. The average molecular weight is 260 g/mol. The van der Waals surface area contributed by atoms with E-state index in [4.69, 9.17) is 10.4 Å². The monoisotopic (exact) mass is 260 g/mol. The fourth-order valence-corrected chi connectivity index (χ4v) is 1.68. The minimum absolute atomic E-state index is 0.172. The van der Waals surface area contributed by atoms with Crippen LogP contribution in [0.25, 0.3) is 0 Å². The summed E-state index contributed by atoms with van der Waals surface area (Å²) >= 11 is 0. The number of benzene rings is 1. The second-order valence-corrected chi connectivity index (χ2v) is 4.28. The highest BCUT2D eigenvalue weighted by molar-refractivity contribution is 5.96. The molecule has 0 heterocycles. The smallest absolute Gasteiger partial charge is 0.323 e. The second-order valence-electron chi connectivity index (χ2n) is 4.28. The second kappa shape index (κ2) is 6.55. The minimum Gasteiger partial charge on any atom is -0.480 e. The summed E-state index contributed by atoms with van der Waals surface area (Å²) in [4.78, 5) is 24.4. The van der Waals surface area contributed by atoms with Gasteiger partial charge in [0, 0.05) is 11.6 Å². The van der Waals surface area contributed by atoms with Crippen LogP contribution in [-0.2, 0) is 4.79 Å². The topological polar surface area (TPSA) is 81.4 Å². The van der Waals surface area contributed by atoms with E-state index in [0.29, 0.717) is 17.5 Å². The number of nitrogens with zero attached hydrogens (tertiary/aromatic N) is 2. The molecule has 0 aromatic heterocycles. The Hall–Kier alpha value is -2.35. The maximum atomic E-state index is 12.3. The molecule has 1 atom stereocenters. The van der Waals surface area contributed by atoms with Crippen LogP contribution < -0.4 is 0 Å². The summed E-state index contributed by atoms with van der Waals surface area (Å²) in [7, 11) is 0. The zero-order chi connectivity index (χ0) is 14.4. The lowest BCUT2D eigenvalue weighted by Gasteiger charge is -2.27. The average Bonchev–Trinajstić information content (AvgIpc) is 2.43. The van der Waals surface area contributed by atoms with Gasteiger partial charge in [-0.05, 0) is 31.5 Å². The highest BCUT2D eigenvalue weighted by Gasteiger charge is 2.22. The van der Waals surface area contributed by atoms with Crippen molar-refractivity contribution in [1.82, 2.24) is 4.90 Å². The van der Waals surface area contributed by atoms with Gasteiger partial charge in [-0.25, -0.2) is 0 Å². The highest BCUT2D eigenvalue weighted by Crippen LogP contribution is 2.12. The van der Waals surface area contributed by atoms with E-state index in [9.17, 15) is 9.59 Å². The first-order chi connectivity index (χ1) is 8.99. The molecular formula is C14H16N2O3. The van der Waals surface area contributed by atoms with E-state index >= 15 is 0 Å². The van der Waals surface area contributed by atoms with Crippen LogP contribution in [0.4, 0.5) is 0 Å². The Kier molecular flexibility index (Phi) is 5.07. The van der Waals surface area contributed by atoms with Crippen molar-refractivity contribution in [3.8, 4) is 6.07 Å². The number of amides is 1. The summed E-state index contributed by atoms with van der Waals surface area (Å²) in [6.07, 6.45) is 0.664. The molecule has 0 bridgehead atoms. The molecule has 0 saturated heterocycles. The number of hydrogen-bond acceptors (Lipinski definition) is 3. The molecule has 1 unspecified atom stereocenters. The number of carbonyl (C=O) groups is 2. The summed E-state index contributed by atoms with van der Waals surface area (Å²) in [6.45, 7) is 3.35. The van der Waals surface area contributed by atoms with Gasteiger partial charge in [-0.2, -0.15) is 5.26 Å². The lowest BCUT2D eigenvalue weighted by molar-refractivity contribution is -0.138. The Bertz CT molecular complexity index is 520. The zero-order valence-corrected chi connectivity index (χ0v) is 11.0. The van der Waals surface area contributed by atoms with Crippen LogP contribution in [0, 0.1) is 11.3 Å². The van der Waals surface area contributed by atoms with E-state index in [-0.39, 0.29) is 18.5 Å². The van der Waals surface area contributed by atoms with Gasteiger partial charge in [-0.15, -0.1) is 0 Å². The minimum atomic E-state index is -1.05. The summed E-state index contributed by atoms with van der Waals surface area (Å²) in [5.74, 6) is -1.42. The Morgan fingerprint density at radius 2 is 2.16 bits per heavy atom. The first-order valence-electron chi connectivity index (χ1n) is 6.02. The lowest BCUT2D eigenvalue weighted by atomic mass is 10.1. The number of carboxylic acid groups (broad SMARTS) is 1. The summed E-state index contributed by atoms with van der Waals surface area (Å²) in [6, 6.07) is 8.05. The van der Waals surface area contributed by atoms with Crippen LogP contribution in [0.15, 0.2) is 24.3 Å². The van der Waals surface area contributed by atoms with Gasteiger partial charge in [-0.1, -0.05) is 13.0 Å². The Labute approximate surface area is 112 Å². The molecule has 1 aromatic carbocycles. The number of nitriles is 1. The van der Waals surface area contributed by atoms with E-state index in [2.05, 4.69) is 0 Å². The van der Waals surface area contributed by atoms with E-state index in [1.807, 2.05) is 13.0 Å². The number of carboxylic acids is 1. The van der Waals surface area contributed by atoms with Crippen molar-refractivity contribution in [1.29, 1.82) is 5.26 Å². The third-order valence-electron chi connectivity index (χ3n) is 2.93. The molecule has 0 aliphatic rings. The SMILES string of the molecule is CCC(C)N(CC(=O)O)C(=O)c1cccc(C#N)c1. The fourth-order valence-electron chi connectivity index (χ4n) is 1.68. The molecule has 0 radical (unpaired) electrons. The van der Waals surface area contributed by atoms with Crippen LogP contribution in [0.1, 0.15) is 36.2 Å². The first-order valence-corrected chi connectivity index (χ1v) is 6.02. The van der Waals surface area contributed by atoms with Crippen molar-refractivity contribution in [3.05, 3.63) is 35.4 Å². The van der Waals surface area contributed by atoms with Gasteiger partial charge in [0.05, 0.1) is 11.6 Å². The van der Waals surface area contributed by atoms with Gasteiger partial charge < -0.3 is 10.0 Å². The molecule has 1 aromatic rings. The molecule has 19 heavy (non-hydrogen) atoms. The number of aliphatic carboxylic acids is 1. The zero-order valence-electron chi connectivity index (χ0n) is 11.0. The molecule has 5 heteroatoms. The number of hydrogen-bond donors (Lipinski definition) is 1. The first kappa shape index (κ1) is 14.7. The molecule has 0 aliphatic heterocycles. The molecule has 1 amide bonds. The quantitative estimate of drug-likeness (QED) is 0.876. The van der Waals surface area contributed by atoms with Crippen LogP contribution >= 0.6 is 0 Å². The van der Waals surface area contributed by atoms with Crippen molar-refractivity contribution in [2.24, 2.45) is 0 Å². The summed E-state index contributed by atoms with van der Waals surface area (Å²) < 4.78 is 0. The van der Waals surface area contributed by atoms with Crippen molar-refractivity contribution in [3.63, 3.8) is 0 Å². The molecule has 1 N–H and O–H groups in total. The third kappa shape index (κ3) is 3.81. The van der Waals surface area contributed by atoms with Crippen molar-refractivity contribution in [2.45, 2.75) is 26.3 Å². The van der Waals surface area contributed by atoms with Gasteiger partial charge in [-0.3, -0.25) is 9.59 Å². The molecule has 0 saturated carbocycles. The summed E-state index contributed by atoms with van der Waals surface area (Å²) in [5.41, 5.74) is 0.714. The molecule has 0 aliphatic carbocycles. The van der Waals surface area contributed by atoms with Gasteiger partial charge in [0.25, 0.3) is 5.91 Å². The van der Waals surface area contributed by atoms with E-state index in [1.54, 1.807) is 25.1 Å². The van der Waals surface area contributed by atoms with E-state index < -0.39 is 5.97 Å². The van der Waals surface area contributed by atoms with Crippen LogP contribution in [0.2, 0.25) is 0 Å². The number of carbonyl (C=O) groups excluding carboxylic acids is 1. The van der Waals surface area contributed by atoms with Crippen LogP contribution in [0.5, 0.6) is 0 Å². The van der Waals surface area contributed by atoms with Gasteiger partial charge in [0.1, 0.15) is 6.54 Å². The predicted octanol–water partition coefficient (Wildman–Crippen LogP) is 1.88. The largest absolute Gasteiger partial charge is 0.480 e. The maximum absolute atomic E-state index is 12.3. The standard InChI is InChI=1S/C14H16N2O3/c1-3-10(2)16(9-13(17)18)14(19)12-6-4-5-11(7-12)8-15/h4-7,10H,3,9H2,1-2H3,(H,17,18). The van der Waals surface area contributed by atoms with Crippen molar-refractivity contribution >= 4 is 11.9 Å². The fraction of sp³-hybridized carbons (Fsp3) is 0.357. The van der Waals surface area contributed by atoms with Gasteiger partial charge in [0.15, 0.2) is 0 Å². The lowest BCUT2D eigenvalue weighted by Crippen LogP contribution is -2.41. The predicted molar refractivity (Wildman–Crippen MR) is 69.6 cm³/mol. The van der Waals surface area contributed by atoms with Crippen molar-refractivity contribution < 1.29 is 14.7 Å². The normalized spacial score (nSPS) is 11.4. The van der Waals surface area contributed by atoms with Crippen LogP contribution in [0.3, 0.4) is 0 Å². The van der Waals surface area contributed by atoms with Gasteiger partial charge >= 0.3 is 5.97 Å². The molecule has 5 nitrogen and oxygen atoms in total.